The quantitative estimate of drug-likeness (QED) is 0.199. The summed E-state index contributed by atoms with van der Waals surface area (Å²) in [7, 11) is 0. The molecule has 2 unspecified atom stereocenters. The van der Waals surface area contributed by atoms with Crippen molar-refractivity contribution in [1.82, 2.24) is 5.32 Å². The number of carbonyl (C=O) groups excluding carboxylic acids is 1. The molecule has 22 heavy (non-hydrogen) atoms. The number of aliphatic hydroxyl groups excluding tert-OH is 2. The second-order valence-corrected chi connectivity index (χ2v) is 6.10. The van der Waals surface area contributed by atoms with Crippen molar-refractivity contribution in [2.45, 2.75) is 103 Å². The molecule has 0 spiro atoms. The fraction of sp³-hybridized carbons (Fsp3) is 0.941. The van der Waals surface area contributed by atoms with E-state index in [4.69, 9.17) is 10.2 Å². The average molecular weight is 317 g/mol. The largest absolute Gasteiger partial charge is 0.379 e. The molecule has 0 amide bonds. The summed E-state index contributed by atoms with van der Waals surface area (Å²) in [5.74, 6) is 0. The lowest BCUT2D eigenvalue weighted by Crippen LogP contribution is -2.39. The monoisotopic (exact) mass is 317 g/mol. The van der Waals surface area contributed by atoms with Gasteiger partial charge in [-0.15, -0.1) is 0 Å². The van der Waals surface area contributed by atoms with Gasteiger partial charge in [0.1, 0.15) is 12.5 Å². The van der Waals surface area contributed by atoms with Gasteiger partial charge in [0.15, 0.2) is 6.29 Å². The first-order valence-electron chi connectivity index (χ1n) is 8.85. The van der Waals surface area contributed by atoms with Crippen molar-refractivity contribution in [3.63, 3.8) is 0 Å². The predicted molar refractivity (Wildman–Crippen MR) is 88.3 cm³/mol. The van der Waals surface area contributed by atoms with Crippen molar-refractivity contribution in [2.24, 2.45) is 0 Å². The van der Waals surface area contributed by atoms with Crippen LogP contribution in [0.5, 0.6) is 0 Å². The second kappa shape index (κ2) is 15.4. The van der Waals surface area contributed by atoms with Gasteiger partial charge in [-0.05, 0) is 25.7 Å². The maximum Gasteiger partial charge on any atom is 0.151 e. The van der Waals surface area contributed by atoms with Crippen LogP contribution in [0.25, 0.3) is 0 Å². The lowest BCUT2D eigenvalue weighted by molar-refractivity contribution is -0.111. The standard InChI is InChI=1S/C17H35NO4/c1-2-3-4-5-6-7-8-9-10-11-16(20)18-15(14-19)12-13-17(21)22/h14-18,20-22H,2-13H2,1H3. The molecule has 0 heterocycles. The van der Waals surface area contributed by atoms with Crippen molar-refractivity contribution < 1.29 is 20.1 Å². The topological polar surface area (TPSA) is 89.8 Å². The van der Waals surface area contributed by atoms with E-state index in [1.807, 2.05) is 0 Å². The molecule has 0 aliphatic rings. The number of hydrogen-bond donors (Lipinski definition) is 4. The highest BCUT2D eigenvalue weighted by Crippen LogP contribution is 2.11. The van der Waals surface area contributed by atoms with Crippen LogP contribution in [0.3, 0.4) is 0 Å². The molecule has 0 rings (SSSR count). The van der Waals surface area contributed by atoms with Crippen molar-refractivity contribution >= 4 is 6.29 Å². The first-order valence-corrected chi connectivity index (χ1v) is 8.85. The van der Waals surface area contributed by atoms with E-state index in [0.717, 1.165) is 12.8 Å². The van der Waals surface area contributed by atoms with Crippen molar-refractivity contribution in [2.75, 3.05) is 0 Å². The highest BCUT2D eigenvalue weighted by Gasteiger charge is 2.13. The maximum absolute atomic E-state index is 10.8. The molecule has 5 heteroatoms. The van der Waals surface area contributed by atoms with E-state index in [9.17, 15) is 9.90 Å². The maximum atomic E-state index is 10.8. The second-order valence-electron chi connectivity index (χ2n) is 6.10. The summed E-state index contributed by atoms with van der Waals surface area (Å²) in [6.07, 6.45) is 10.8. The van der Waals surface area contributed by atoms with E-state index < -0.39 is 18.6 Å². The van der Waals surface area contributed by atoms with Gasteiger partial charge in [-0.2, -0.15) is 0 Å². The Kier molecular flexibility index (Phi) is 15.1. The minimum Gasteiger partial charge on any atom is -0.379 e. The summed E-state index contributed by atoms with van der Waals surface area (Å²) >= 11 is 0. The average Bonchev–Trinajstić information content (AvgIpc) is 2.49. The summed E-state index contributed by atoms with van der Waals surface area (Å²) in [5, 5.41) is 30.2. The van der Waals surface area contributed by atoms with Gasteiger partial charge >= 0.3 is 0 Å². The van der Waals surface area contributed by atoms with Gasteiger partial charge in [0.2, 0.25) is 0 Å². The van der Waals surface area contributed by atoms with E-state index in [1.165, 1.54) is 44.9 Å². The van der Waals surface area contributed by atoms with Gasteiger partial charge in [-0.1, -0.05) is 58.3 Å². The highest BCUT2D eigenvalue weighted by molar-refractivity contribution is 5.57. The fourth-order valence-corrected chi connectivity index (χ4v) is 2.50. The predicted octanol–water partition coefficient (Wildman–Crippen LogP) is 2.47. The Morgan fingerprint density at radius 1 is 0.818 bits per heavy atom. The van der Waals surface area contributed by atoms with Crippen LogP contribution >= 0.6 is 0 Å². The third-order valence-electron chi connectivity index (χ3n) is 3.89. The molecule has 2 atom stereocenters. The van der Waals surface area contributed by atoms with Crippen molar-refractivity contribution in [3.05, 3.63) is 0 Å². The number of rotatable bonds is 16. The van der Waals surface area contributed by atoms with Gasteiger partial charge in [0.25, 0.3) is 0 Å². The fourth-order valence-electron chi connectivity index (χ4n) is 2.50. The Balaban J connectivity index is 3.47. The third-order valence-corrected chi connectivity index (χ3v) is 3.89. The smallest absolute Gasteiger partial charge is 0.151 e. The number of carbonyl (C=O) groups is 1. The molecular formula is C17H35NO4. The first-order chi connectivity index (χ1) is 10.6. The van der Waals surface area contributed by atoms with E-state index in [1.54, 1.807) is 0 Å². The van der Waals surface area contributed by atoms with Gasteiger partial charge in [-0.3, -0.25) is 5.32 Å². The Morgan fingerprint density at radius 3 is 1.86 bits per heavy atom. The summed E-state index contributed by atoms with van der Waals surface area (Å²) in [6.45, 7) is 2.22. The van der Waals surface area contributed by atoms with Crippen LogP contribution in [0.15, 0.2) is 0 Å². The van der Waals surface area contributed by atoms with Gasteiger partial charge in [-0.25, -0.2) is 0 Å². The third kappa shape index (κ3) is 14.4. The van der Waals surface area contributed by atoms with Crippen LogP contribution < -0.4 is 5.32 Å². The summed E-state index contributed by atoms with van der Waals surface area (Å²) in [5.41, 5.74) is 0. The van der Waals surface area contributed by atoms with Gasteiger partial charge < -0.3 is 20.1 Å². The minimum atomic E-state index is -1.40. The summed E-state index contributed by atoms with van der Waals surface area (Å²) in [6, 6.07) is -0.518. The molecule has 0 aromatic heterocycles. The zero-order chi connectivity index (χ0) is 16.6. The highest BCUT2D eigenvalue weighted by atomic mass is 16.5. The number of hydrogen-bond acceptors (Lipinski definition) is 5. The molecule has 0 saturated heterocycles. The molecule has 0 radical (unpaired) electrons. The summed E-state index contributed by atoms with van der Waals surface area (Å²) < 4.78 is 0. The molecule has 0 aliphatic carbocycles. The van der Waals surface area contributed by atoms with Crippen molar-refractivity contribution in [3.8, 4) is 0 Å². The molecule has 0 fully saturated rings. The van der Waals surface area contributed by atoms with E-state index in [2.05, 4.69) is 12.2 Å². The lowest BCUT2D eigenvalue weighted by Gasteiger charge is -2.18. The van der Waals surface area contributed by atoms with Crippen LogP contribution in [0.1, 0.15) is 84.0 Å². The molecule has 5 nitrogen and oxygen atoms in total. The Bertz CT molecular complexity index is 249. The molecule has 0 aromatic carbocycles. The van der Waals surface area contributed by atoms with Gasteiger partial charge in [0, 0.05) is 0 Å². The summed E-state index contributed by atoms with van der Waals surface area (Å²) in [4.78, 5) is 10.8. The minimum absolute atomic E-state index is 0.126. The van der Waals surface area contributed by atoms with Crippen LogP contribution in [0.4, 0.5) is 0 Å². The van der Waals surface area contributed by atoms with Crippen LogP contribution in [-0.2, 0) is 4.79 Å². The van der Waals surface area contributed by atoms with Crippen LogP contribution in [-0.4, -0.2) is 40.2 Å². The molecule has 0 aromatic rings. The molecule has 0 saturated carbocycles. The normalized spacial score (nSPS) is 14.2. The number of aldehydes is 1. The zero-order valence-electron chi connectivity index (χ0n) is 14.0. The molecule has 0 bridgehead atoms. The van der Waals surface area contributed by atoms with Gasteiger partial charge in [0.05, 0.1) is 6.04 Å². The Labute approximate surface area is 135 Å². The van der Waals surface area contributed by atoms with Crippen LogP contribution in [0, 0.1) is 0 Å². The van der Waals surface area contributed by atoms with E-state index >= 15 is 0 Å². The van der Waals surface area contributed by atoms with Crippen molar-refractivity contribution in [1.29, 1.82) is 0 Å². The van der Waals surface area contributed by atoms with Crippen LogP contribution in [0.2, 0.25) is 0 Å². The van der Waals surface area contributed by atoms with E-state index in [-0.39, 0.29) is 6.42 Å². The van der Waals surface area contributed by atoms with E-state index in [0.29, 0.717) is 19.1 Å². The zero-order valence-corrected chi connectivity index (χ0v) is 14.0. The molecule has 4 N–H and O–H groups in total. The molecular weight excluding hydrogens is 282 g/mol. The Morgan fingerprint density at radius 2 is 1.36 bits per heavy atom. The SMILES string of the molecule is CCCCCCCCCCCC(O)NC(C=O)CCC(O)O. The number of unbranched alkanes of at least 4 members (excludes halogenated alkanes) is 8. The first kappa shape index (κ1) is 21.5. The lowest BCUT2D eigenvalue weighted by atomic mass is 10.1. The molecule has 132 valence electrons. The number of aliphatic hydroxyl groups is 3. The molecule has 0 aliphatic heterocycles. The number of nitrogens with one attached hydrogen (secondary N) is 1. The Hall–Kier alpha value is -0.490.